The van der Waals surface area contributed by atoms with Crippen LogP contribution in [0.1, 0.15) is 17.0 Å². The van der Waals surface area contributed by atoms with E-state index in [-0.39, 0.29) is 11.3 Å². The lowest BCUT2D eigenvalue weighted by Crippen LogP contribution is -2.24. The summed E-state index contributed by atoms with van der Waals surface area (Å²) in [5.74, 6) is 0. The highest BCUT2D eigenvalue weighted by Gasteiger charge is 2.14. The zero-order valence-electron chi connectivity index (χ0n) is 11.5. The summed E-state index contributed by atoms with van der Waals surface area (Å²) in [6.07, 6.45) is 0. The van der Waals surface area contributed by atoms with Gasteiger partial charge in [0.05, 0.1) is 16.6 Å². The van der Waals surface area contributed by atoms with E-state index < -0.39 is 0 Å². The zero-order chi connectivity index (χ0) is 15.0. The monoisotopic (exact) mass is 283 g/mol. The molecule has 0 spiro atoms. The van der Waals surface area contributed by atoms with Gasteiger partial charge in [0.1, 0.15) is 5.69 Å². The van der Waals surface area contributed by atoms with Crippen LogP contribution < -0.4 is 16.3 Å². The summed E-state index contributed by atoms with van der Waals surface area (Å²) in [7, 11) is 0. The van der Waals surface area contributed by atoms with Gasteiger partial charge in [-0.1, -0.05) is 30.3 Å². The van der Waals surface area contributed by atoms with Crippen LogP contribution in [0, 0.1) is 13.8 Å². The average molecular weight is 283 g/mol. The van der Waals surface area contributed by atoms with Crippen molar-refractivity contribution in [2.24, 2.45) is 0 Å². The van der Waals surface area contributed by atoms with Gasteiger partial charge in [0.2, 0.25) is 0 Å². The minimum Gasteiger partial charge on any atom is -0.291 e. The van der Waals surface area contributed by atoms with Crippen molar-refractivity contribution in [3.63, 3.8) is 0 Å². The van der Waals surface area contributed by atoms with Crippen LogP contribution in [0.3, 0.4) is 0 Å². The first-order valence-electron chi connectivity index (χ1n) is 6.36. The first-order valence-corrected chi connectivity index (χ1v) is 6.36. The normalized spacial score (nSPS) is 12.5. The third kappa shape index (κ3) is 2.03. The molecule has 0 atom stereocenters. The smallest absolute Gasteiger partial charge is 0.291 e. The molecule has 0 saturated carbocycles. The van der Waals surface area contributed by atoms with E-state index >= 15 is 0 Å². The largest absolute Gasteiger partial charge is 0.296 e. The van der Waals surface area contributed by atoms with Gasteiger partial charge in [-0.05, 0) is 13.8 Å². The van der Waals surface area contributed by atoms with Crippen molar-refractivity contribution in [2.75, 3.05) is 0 Å². The van der Waals surface area contributed by atoms with Crippen molar-refractivity contribution < 1.29 is 5.21 Å². The van der Waals surface area contributed by atoms with Gasteiger partial charge in [0.25, 0.3) is 5.56 Å². The Hall–Kier alpha value is -2.80. The molecule has 21 heavy (non-hydrogen) atoms. The number of hydrogen-bond donors (Lipinski definition) is 2. The molecule has 3 aromatic rings. The third-order valence-corrected chi connectivity index (χ3v) is 3.26. The van der Waals surface area contributed by atoms with Crippen LogP contribution in [-0.2, 0) is 0 Å². The van der Waals surface area contributed by atoms with Crippen molar-refractivity contribution in [1.82, 2.24) is 25.3 Å². The molecule has 3 rings (SSSR count). The molecule has 1 aromatic carbocycles. The number of fused-ring (bicyclic) bond motifs is 1. The number of rotatable bonds is 2. The van der Waals surface area contributed by atoms with Crippen molar-refractivity contribution in [3.05, 3.63) is 62.9 Å². The predicted octanol–water partition coefficient (Wildman–Crippen LogP) is -0.0445. The summed E-state index contributed by atoms with van der Waals surface area (Å²) in [6, 6.07) is 9.24. The number of nitrogens with one attached hydrogen (secondary N) is 1. The van der Waals surface area contributed by atoms with Gasteiger partial charge in [0, 0.05) is 5.56 Å². The number of benzene rings is 1. The Morgan fingerprint density at radius 3 is 2.52 bits per heavy atom. The van der Waals surface area contributed by atoms with Gasteiger partial charge < -0.3 is 0 Å². The highest BCUT2D eigenvalue weighted by atomic mass is 16.5. The minimum atomic E-state index is -0.320. The molecule has 0 radical (unpaired) electrons. The van der Waals surface area contributed by atoms with Crippen LogP contribution in [0.5, 0.6) is 0 Å². The Morgan fingerprint density at radius 2 is 1.86 bits per heavy atom. The molecule has 0 aliphatic carbocycles. The summed E-state index contributed by atoms with van der Waals surface area (Å²) in [4.78, 5) is 12.0. The van der Waals surface area contributed by atoms with Crippen LogP contribution in [0.4, 0.5) is 0 Å². The van der Waals surface area contributed by atoms with E-state index in [2.05, 4.69) is 20.8 Å². The molecule has 2 aromatic heterocycles. The first kappa shape index (κ1) is 13.2. The van der Waals surface area contributed by atoms with Crippen LogP contribution in [-0.4, -0.2) is 25.0 Å². The fourth-order valence-electron chi connectivity index (χ4n) is 2.23. The molecule has 0 fully saturated rings. The van der Waals surface area contributed by atoms with Gasteiger partial charge in [-0.15, -0.1) is 10.2 Å². The molecule has 7 heteroatoms. The molecule has 0 saturated heterocycles. The maximum Gasteiger partial charge on any atom is 0.296 e. The van der Waals surface area contributed by atoms with E-state index in [1.807, 2.05) is 30.3 Å². The van der Waals surface area contributed by atoms with E-state index in [0.717, 1.165) is 5.56 Å². The van der Waals surface area contributed by atoms with Crippen LogP contribution in [0.25, 0.3) is 11.3 Å². The maximum absolute atomic E-state index is 12.0. The van der Waals surface area contributed by atoms with Crippen molar-refractivity contribution >= 4 is 11.3 Å². The molecule has 106 valence electrons. The van der Waals surface area contributed by atoms with E-state index in [0.29, 0.717) is 22.3 Å². The number of aromatic nitrogens is 4. The van der Waals surface area contributed by atoms with Gasteiger partial charge >= 0.3 is 0 Å². The molecule has 2 N–H and O–H groups in total. The second-order valence-electron chi connectivity index (χ2n) is 4.64. The molecule has 0 bridgehead atoms. The van der Waals surface area contributed by atoms with Gasteiger partial charge in [-0.2, -0.15) is 9.61 Å². The number of nitrogens with zero attached hydrogens (tertiary/aromatic N) is 4. The second kappa shape index (κ2) is 4.95. The highest BCUT2D eigenvalue weighted by molar-refractivity contribution is 5.68. The molecule has 0 aliphatic rings. The highest BCUT2D eigenvalue weighted by Crippen LogP contribution is 2.08. The van der Waals surface area contributed by atoms with E-state index in [4.69, 9.17) is 0 Å². The number of hydrogen-bond acceptors (Lipinski definition) is 6. The molecular formula is C14H13N5O2. The van der Waals surface area contributed by atoms with Crippen LogP contribution in [0.15, 0.2) is 35.1 Å². The Balaban J connectivity index is 2.49. The molecular weight excluding hydrogens is 270 g/mol. The lowest BCUT2D eigenvalue weighted by Gasteiger charge is -2.05. The third-order valence-electron chi connectivity index (χ3n) is 3.26. The standard InChI is InChI=1S/C14H13N5O2/c1-8-11(12(18-21)10-6-4-3-5-7-10)13-16-15-9(2)14(20)19(13)17-8/h3-7,18,21H,1-2H3/b12-11-. The topological polar surface area (TPSA) is 92.4 Å². The van der Waals surface area contributed by atoms with Crippen molar-refractivity contribution in [1.29, 1.82) is 0 Å². The van der Waals surface area contributed by atoms with Crippen molar-refractivity contribution in [2.45, 2.75) is 13.8 Å². The molecule has 2 heterocycles. The molecule has 0 aliphatic heterocycles. The maximum atomic E-state index is 12.0. The molecule has 0 amide bonds. The fourth-order valence-corrected chi connectivity index (χ4v) is 2.23. The van der Waals surface area contributed by atoms with E-state index in [1.54, 1.807) is 13.8 Å². The van der Waals surface area contributed by atoms with E-state index in [9.17, 15) is 10.0 Å². The Morgan fingerprint density at radius 1 is 1.14 bits per heavy atom. The van der Waals surface area contributed by atoms with Gasteiger partial charge in [0.15, 0.2) is 5.65 Å². The molecule has 0 unspecified atom stereocenters. The minimum absolute atomic E-state index is 0.273. The average Bonchev–Trinajstić information content (AvgIpc) is 2.83. The van der Waals surface area contributed by atoms with Gasteiger partial charge in [-0.25, -0.2) is 0 Å². The molecule has 7 nitrogen and oxygen atoms in total. The lowest BCUT2D eigenvalue weighted by molar-refractivity contribution is 0.224. The van der Waals surface area contributed by atoms with E-state index in [1.165, 1.54) is 4.52 Å². The first-order chi connectivity index (χ1) is 10.1. The Labute approximate surface area is 119 Å². The van der Waals surface area contributed by atoms with Crippen LogP contribution >= 0.6 is 0 Å². The van der Waals surface area contributed by atoms with Crippen molar-refractivity contribution in [3.8, 4) is 0 Å². The summed E-state index contributed by atoms with van der Waals surface area (Å²) < 4.78 is 1.20. The summed E-state index contributed by atoms with van der Waals surface area (Å²) in [5, 5.41) is 22.1. The van der Waals surface area contributed by atoms with Crippen LogP contribution in [0.2, 0.25) is 0 Å². The quantitative estimate of drug-likeness (QED) is 0.641. The predicted molar refractivity (Wildman–Crippen MR) is 75.6 cm³/mol. The summed E-state index contributed by atoms with van der Waals surface area (Å²) in [6.45, 7) is 3.33. The fraction of sp³-hybridized carbons (Fsp3) is 0.143. The number of hydroxylamine groups is 1. The van der Waals surface area contributed by atoms with Gasteiger partial charge in [-0.3, -0.25) is 15.5 Å². The summed E-state index contributed by atoms with van der Waals surface area (Å²) >= 11 is 0. The summed E-state index contributed by atoms with van der Waals surface area (Å²) in [5.41, 5.74) is 4.21. The Kier molecular flexibility index (Phi) is 3.11. The zero-order valence-corrected chi connectivity index (χ0v) is 11.5. The lowest BCUT2D eigenvalue weighted by atomic mass is 10.1. The number of aryl methyl sites for hydroxylation is 2. The second-order valence-corrected chi connectivity index (χ2v) is 4.64. The SMILES string of the molecule is Cc1nnc2/c(=C(\NO)c3ccccc3)c(C)nn2c1=O. The Bertz CT molecular complexity index is 918.